The fraction of sp³-hybridized carbons (Fsp3) is 0.500. The van der Waals surface area contributed by atoms with E-state index in [0.717, 1.165) is 25.7 Å². The highest BCUT2D eigenvalue weighted by atomic mass is 32.2. The van der Waals surface area contributed by atoms with E-state index in [4.69, 9.17) is 9.47 Å². The van der Waals surface area contributed by atoms with Gasteiger partial charge in [-0.15, -0.1) is 0 Å². The van der Waals surface area contributed by atoms with E-state index in [2.05, 4.69) is 4.72 Å². The van der Waals surface area contributed by atoms with Crippen molar-refractivity contribution in [1.29, 1.82) is 0 Å². The van der Waals surface area contributed by atoms with Crippen molar-refractivity contribution in [1.82, 2.24) is 9.47 Å². The van der Waals surface area contributed by atoms with E-state index in [1.54, 1.807) is 48.6 Å². The summed E-state index contributed by atoms with van der Waals surface area (Å²) in [6, 6.07) is 4.92. The molecule has 2 aromatic rings. The molecule has 0 spiro atoms. The summed E-state index contributed by atoms with van der Waals surface area (Å²) in [7, 11) is -2.23. The molecule has 2 aliphatic rings. The number of rotatable bonds is 4. The summed E-state index contributed by atoms with van der Waals surface area (Å²) >= 11 is 0. The van der Waals surface area contributed by atoms with E-state index in [0.29, 0.717) is 54.9 Å². The molecule has 1 N–H and O–H groups in total. The molecule has 0 atom stereocenters. The number of nitrogens with one attached hydrogen (secondary N) is 1. The van der Waals surface area contributed by atoms with Crippen molar-refractivity contribution in [2.24, 2.45) is 7.05 Å². The molecule has 0 saturated carbocycles. The van der Waals surface area contributed by atoms with Gasteiger partial charge in [0.2, 0.25) is 0 Å². The molecule has 8 nitrogen and oxygen atoms in total. The van der Waals surface area contributed by atoms with Gasteiger partial charge in [-0.2, -0.15) is 0 Å². The molecular weight excluding hydrogens is 418 g/mol. The van der Waals surface area contributed by atoms with E-state index < -0.39 is 10.0 Å². The van der Waals surface area contributed by atoms with Crippen molar-refractivity contribution in [2.75, 3.05) is 31.0 Å². The van der Waals surface area contributed by atoms with Gasteiger partial charge in [-0.05, 0) is 38.8 Å². The second kappa shape index (κ2) is 8.45. The molecule has 31 heavy (non-hydrogen) atoms. The summed E-state index contributed by atoms with van der Waals surface area (Å²) in [5.41, 5.74) is 1.79. The topological polar surface area (TPSA) is 89.9 Å². The number of sulfonamides is 1. The van der Waals surface area contributed by atoms with E-state index in [9.17, 15) is 13.2 Å². The number of benzene rings is 1. The van der Waals surface area contributed by atoms with Crippen LogP contribution in [-0.4, -0.2) is 50.1 Å². The van der Waals surface area contributed by atoms with Crippen LogP contribution in [0.1, 0.15) is 47.4 Å². The van der Waals surface area contributed by atoms with Crippen LogP contribution in [0.5, 0.6) is 11.5 Å². The lowest BCUT2D eigenvalue weighted by molar-refractivity contribution is 0.0757. The van der Waals surface area contributed by atoms with Crippen LogP contribution in [0.2, 0.25) is 0 Å². The average molecular weight is 448 g/mol. The molecule has 9 heteroatoms. The first-order valence-electron chi connectivity index (χ1n) is 10.7. The number of nitrogens with zero attached hydrogens (tertiary/aromatic N) is 2. The summed E-state index contributed by atoms with van der Waals surface area (Å²) in [4.78, 5) is 15.3. The molecular formula is C22H29N3O5S. The van der Waals surface area contributed by atoms with Gasteiger partial charge >= 0.3 is 0 Å². The van der Waals surface area contributed by atoms with Crippen LogP contribution in [0, 0.1) is 13.8 Å². The molecule has 1 amide bonds. The summed E-state index contributed by atoms with van der Waals surface area (Å²) in [5, 5.41) is 0. The van der Waals surface area contributed by atoms with Gasteiger partial charge in [0.1, 0.15) is 18.1 Å². The molecule has 3 heterocycles. The lowest BCUT2D eigenvalue weighted by Crippen LogP contribution is -2.33. The quantitative estimate of drug-likeness (QED) is 0.777. The smallest absolute Gasteiger partial charge is 0.264 e. The Bertz CT molecular complexity index is 1100. The Balaban J connectivity index is 1.71. The predicted molar refractivity (Wildman–Crippen MR) is 117 cm³/mol. The molecule has 0 aliphatic carbocycles. The molecule has 1 aromatic heterocycles. The number of hydrogen-bond acceptors (Lipinski definition) is 5. The summed E-state index contributed by atoms with van der Waals surface area (Å²) in [5.74, 6) is 0.858. The third kappa shape index (κ3) is 4.11. The number of carbonyl (C=O) groups excluding carboxylic acids is 1. The van der Waals surface area contributed by atoms with Crippen LogP contribution in [-0.2, 0) is 17.1 Å². The Kier molecular flexibility index (Phi) is 5.88. The first-order chi connectivity index (χ1) is 14.8. The zero-order chi connectivity index (χ0) is 22.2. The Labute approximate surface area is 183 Å². The van der Waals surface area contributed by atoms with Gasteiger partial charge < -0.3 is 18.9 Å². The minimum atomic E-state index is -4.01. The summed E-state index contributed by atoms with van der Waals surface area (Å²) in [6.45, 7) is 5.70. The number of hydrogen-bond donors (Lipinski definition) is 1. The SMILES string of the molecule is Cc1c(C(=O)N2CCCCCC2)c(S(=O)(=O)Nc2ccc3c(c2)OCCO3)c(C)n1C. The Hall–Kier alpha value is -2.68. The van der Waals surface area contributed by atoms with Crippen molar-refractivity contribution in [2.45, 2.75) is 44.4 Å². The van der Waals surface area contributed by atoms with Gasteiger partial charge in [-0.1, -0.05) is 12.8 Å². The summed E-state index contributed by atoms with van der Waals surface area (Å²) < 4.78 is 42.4. The lowest BCUT2D eigenvalue weighted by Gasteiger charge is -2.21. The van der Waals surface area contributed by atoms with Gasteiger partial charge in [0, 0.05) is 37.6 Å². The zero-order valence-electron chi connectivity index (χ0n) is 18.2. The molecule has 1 fully saturated rings. The van der Waals surface area contributed by atoms with Crippen LogP contribution >= 0.6 is 0 Å². The number of amides is 1. The average Bonchev–Trinajstić information content (AvgIpc) is 2.94. The number of carbonyl (C=O) groups is 1. The number of anilines is 1. The highest BCUT2D eigenvalue weighted by Gasteiger charge is 2.33. The van der Waals surface area contributed by atoms with Crippen molar-refractivity contribution >= 4 is 21.6 Å². The van der Waals surface area contributed by atoms with Crippen molar-refractivity contribution in [3.63, 3.8) is 0 Å². The molecule has 4 rings (SSSR count). The van der Waals surface area contributed by atoms with Crippen molar-refractivity contribution < 1.29 is 22.7 Å². The third-order valence-electron chi connectivity index (χ3n) is 6.09. The van der Waals surface area contributed by atoms with E-state index in [1.807, 2.05) is 0 Å². The molecule has 1 saturated heterocycles. The van der Waals surface area contributed by atoms with Crippen LogP contribution in [0.25, 0.3) is 0 Å². The second-order valence-electron chi connectivity index (χ2n) is 8.10. The maximum Gasteiger partial charge on any atom is 0.264 e. The molecule has 1 aromatic carbocycles. The molecule has 168 valence electrons. The molecule has 0 bridgehead atoms. The number of aromatic nitrogens is 1. The largest absolute Gasteiger partial charge is 0.486 e. The maximum absolute atomic E-state index is 13.5. The van der Waals surface area contributed by atoms with Crippen LogP contribution in [0.15, 0.2) is 23.1 Å². The highest BCUT2D eigenvalue weighted by molar-refractivity contribution is 7.92. The Morgan fingerprint density at radius 1 is 0.968 bits per heavy atom. The molecule has 2 aliphatic heterocycles. The van der Waals surface area contributed by atoms with E-state index in [-0.39, 0.29) is 16.4 Å². The zero-order valence-corrected chi connectivity index (χ0v) is 19.0. The second-order valence-corrected chi connectivity index (χ2v) is 9.72. The predicted octanol–water partition coefficient (Wildman–Crippen LogP) is 3.23. The fourth-order valence-electron chi connectivity index (χ4n) is 4.24. The number of fused-ring (bicyclic) bond motifs is 1. The van der Waals surface area contributed by atoms with Gasteiger partial charge in [-0.25, -0.2) is 8.42 Å². The number of likely N-dealkylation sites (tertiary alicyclic amines) is 1. The standard InChI is InChI=1S/C22H29N3O5S/c1-15-20(22(26)25-10-6-4-5-7-11-25)21(16(2)24(15)3)31(27,28)23-17-8-9-18-19(14-17)30-13-12-29-18/h8-9,14,23H,4-7,10-13H2,1-3H3. The van der Waals surface area contributed by atoms with E-state index in [1.165, 1.54) is 0 Å². The van der Waals surface area contributed by atoms with Gasteiger partial charge in [0.15, 0.2) is 11.5 Å². The van der Waals surface area contributed by atoms with Crippen molar-refractivity contribution in [3.8, 4) is 11.5 Å². The molecule has 0 unspecified atom stereocenters. The normalized spacial score (nSPS) is 16.7. The van der Waals surface area contributed by atoms with Gasteiger partial charge in [-0.3, -0.25) is 9.52 Å². The van der Waals surface area contributed by atoms with Crippen LogP contribution in [0.4, 0.5) is 5.69 Å². The van der Waals surface area contributed by atoms with Gasteiger partial charge in [0.25, 0.3) is 15.9 Å². The van der Waals surface area contributed by atoms with Crippen LogP contribution < -0.4 is 14.2 Å². The summed E-state index contributed by atoms with van der Waals surface area (Å²) in [6.07, 6.45) is 4.06. The highest BCUT2D eigenvalue weighted by Crippen LogP contribution is 2.35. The van der Waals surface area contributed by atoms with Crippen molar-refractivity contribution in [3.05, 3.63) is 35.2 Å². The van der Waals surface area contributed by atoms with Gasteiger partial charge in [0.05, 0.1) is 11.3 Å². The minimum absolute atomic E-state index is 0.0386. The van der Waals surface area contributed by atoms with Crippen LogP contribution in [0.3, 0.4) is 0 Å². The third-order valence-corrected chi connectivity index (χ3v) is 7.64. The molecule has 0 radical (unpaired) electrons. The maximum atomic E-state index is 13.5. The number of ether oxygens (including phenoxy) is 2. The Morgan fingerprint density at radius 3 is 2.29 bits per heavy atom. The minimum Gasteiger partial charge on any atom is -0.486 e. The van der Waals surface area contributed by atoms with E-state index >= 15 is 0 Å². The fourth-order valence-corrected chi connectivity index (χ4v) is 5.81. The lowest BCUT2D eigenvalue weighted by atomic mass is 10.2. The first-order valence-corrected chi connectivity index (χ1v) is 12.2. The Morgan fingerprint density at radius 2 is 1.61 bits per heavy atom. The first kappa shape index (κ1) is 21.5. The monoisotopic (exact) mass is 447 g/mol.